The number of halogens is 1. The zero-order valence-corrected chi connectivity index (χ0v) is 18.0. The lowest BCUT2D eigenvalue weighted by molar-refractivity contribution is -0.387. The molecule has 27 heavy (non-hydrogen) atoms. The minimum Gasteiger partial charge on any atom is -0.341 e. The molecule has 2 N–H and O–H groups in total. The third kappa shape index (κ3) is 6.17. The van der Waals surface area contributed by atoms with Crippen LogP contribution in [0.5, 0.6) is 0 Å². The van der Waals surface area contributed by atoms with E-state index >= 15 is 0 Å². The maximum atomic E-state index is 12.6. The maximum Gasteiger partial charge on any atom is 0.284 e. The number of hydrogen-bond acceptors (Lipinski definition) is 7. The molecule has 0 spiro atoms. The van der Waals surface area contributed by atoms with Crippen molar-refractivity contribution in [3.63, 3.8) is 0 Å². The topological polar surface area (TPSA) is 102 Å². The first-order valence-electron chi connectivity index (χ1n) is 7.97. The molecule has 1 aromatic heterocycles. The van der Waals surface area contributed by atoms with Gasteiger partial charge in [0, 0.05) is 36.3 Å². The zero-order valence-electron chi connectivity index (χ0n) is 15.6. The molecule has 148 valence electrons. The largest absolute Gasteiger partial charge is 0.341 e. The van der Waals surface area contributed by atoms with Gasteiger partial charge in [0.05, 0.1) is 9.82 Å². The van der Waals surface area contributed by atoms with Crippen molar-refractivity contribution in [2.45, 2.75) is 30.0 Å². The third-order valence-corrected chi connectivity index (χ3v) is 5.88. The van der Waals surface area contributed by atoms with Gasteiger partial charge in [0.25, 0.3) is 11.6 Å². The van der Waals surface area contributed by atoms with Crippen LogP contribution < -0.4 is 5.73 Å². The highest BCUT2D eigenvalue weighted by Crippen LogP contribution is 2.37. The lowest BCUT2D eigenvalue weighted by Crippen LogP contribution is -2.39. The monoisotopic (exact) mass is 430 g/mol. The van der Waals surface area contributed by atoms with Crippen molar-refractivity contribution in [2.24, 2.45) is 11.1 Å². The summed E-state index contributed by atoms with van der Waals surface area (Å²) in [5.41, 5.74) is 6.55. The minimum absolute atomic E-state index is 0. The van der Waals surface area contributed by atoms with E-state index in [1.54, 1.807) is 24.1 Å². The molecule has 0 aliphatic heterocycles. The zero-order chi connectivity index (χ0) is 19.5. The summed E-state index contributed by atoms with van der Waals surface area (Å²) in [6, 6.07) is 4.55. The predicted octanol–water partition coefficient (Wildman–Crippen LogP) is 3.99. The lowest BCUT2D eigenvalue weighted by Gasteiger charge is -2.29. The van der Waals surface area contributed by atoms with E-state index < -0.39 is 4.92 Å². The molecule has 0 fully saturated rings. The Kier molecular flexibility index (Phi) is 8.22. The Morgan fingerprint density at radius 3 is 2.63 bits per heavy atom. The van der Waals surface area contributed by atoms with E-state index in [1.807, 2.05) is 26.2 Å². The second-order valence-corrected chi connectivity index (χ2v) is 8.97. The number of nitrogens with two attached hydrogens (primary N) is 1. The van der Waals surface area contributed by atoms with Gasteiger partial charge < -0.3 is 10.6 Å². The Morgan fingerprint density at radius 2 is 2.11 bits per heavy atom. The van der Waals surface area contributed by atoms with Crippen LogP contribution in [0.3, 0.4) is 0 Å². The van der Waals surface area contributed by atoms with E-state index in [-0.39, 0.29) is 35.0 Å². The minimum atomic E-state index is -0.469. The number of amides is 1. The standard InChI is InChI=1S/C17H22N4O3S2.ClH/c1-11-8-25-16(19-11)26-14-6-5-12(7-13(14)21(23)24)15(22)20(4)10-17(2,3)9-18;/h5-8H,9-10,18H2,1-4H3;1H. The number of benzene rings is 1. The fourth-order valence-electron chi connectivity index (χ4n) is 2.35. The average Bonchev–Trinajstić information content (AvgIpc) is 2.98. The van der Waals surface area contributed by atoms with E-state index in [2.05, 4.69) is 4.98 Å². The highest BCUT2D eigenvalue weighted by Gasteiger charge is 2.24. The van der Waals surface area contributed by atoms with E-state index in [0.717, 1.165) is 10.0 Å². The highest BCUT2D eigenvalue weighted by atomic mass is 35.5. The molecular formula is C17H23ClN4O3S2. The van der Waals surface area contributed by atoms with Crippen molar-refractivity contribution in [1.82, 2.24) is 9.88 Å². The number of nitro groups is 1. The molecular weight excluding hydrogens is 408 g/mol. The molecule has 0 bridgehead atoms. The van der Waals surface area contributed by atoms with Gasteiger partial charge in [0.2, 0.25) is 0 Å². The number of aromatic nitrogens is 1. The van der Waals surface area contributed by atoms with Crippen LogP contribution in [0.25, 0.3) is 0 Å². The molecule has 1 heterocycles. The number of hydrogen-bond donors (Lipinski definition) is 1. The molecule has 0 radical (unpaired) electrons. The first-order valence-corrected chi connectivity index (χ1v) is 9.66. The Labute approximate surface area is 172 Å². The van der Waals surface area contributed by atoms with Crippen LogP contribution in [0.2, 0.25) is 0 Å². The first kappa shape index (κ1) is 23.4. The first-order chi connectivity index (χ1) is 12.1. The van der Waals surface area contributed by atoms with Gasteiger partial charge in [-0.05, 0) is 31.0 Å². The van der Waals surface area contributed by atoms with Crippen LogP contribution in [0, 0.1) is 22.5 Å². The van der Waals surface area contributed by atoms with Crippen molar-refractivity contribution >= 4 is 47.1 Å². The second-order valence-electron chi connectivity index (χ2n) is 6.83. The van der Waals surface area contributed by atoms with Crippen molar-refractivity contribution in [2.75, 3.05) is 20.1 Å². The number of nitro benzene ring substituents is 1. The van der Waals surface area contributed by atoms with Crippen LogP contribution in [0.15, 0.2) is 32.8 Å². The molecule has 0 saturated heterocycles. The lowest BCUT2D eigenvalue weighted by atomic mass is 9.93. The van der Waals surface area contributed by atoms with Crippen molar-refractivity contribution < 1.29 is 9.72 Å². The van der Waals surface area contributed by atoms with Gasteiger partial charge in [-0.3, -0.25) is 14.9 Å². The van der Waals surface area contributed by atoms with Crippen LogP contribution in [0.4, 0.5) is 5.69 Å². The smallest absolute Gasteiger partial charge is 0.284 e. The maximum absolute atomic E-state index is 12.6. The summed E-state index contributed by atoms with van der Waals surface area (Å²) in [6.07, 6.45) is 0. The second kappa shape index (κ2) is 9.50. The van der Waals surface area contributed by atoms with E-state index in [9.17, 15) is 14.9 Å². The van der Waals surface area contributed by atoms with Crippen LogP contribution in [-0.2, 0) is 0 Å². The van der Waals surface area contributed by atoms with Crippen molar-refractivity contribution in [1.29, 1.82) is 0 Å². The van der Waals surface area contributed by atoms with Gasteiger partial charge in [-0.2, -0.15) is 0 Å². The molecule has 0 atom stereocenters. The number of nitrogens with zero attached hydrogens (tertiary/aromatic N) is 3. The van der Waals surface area contributed by atoms with E-state index in [4.69, 9.17) is 5.73 Å². The Balaban J connectivity index is 0.00000364. The summed E-state index contributed by atoms with van der Waals surface area (Å²) in [7, 11) is 1.67. The Hall–Kier alpha value is -1.68. The molecule has 10 heteroatoms. The van der Waals surface area contributed by atoms with Gasteiger partial charge in [0.15, 0.2) is 4.34 Å². The number of aryl methyl sites for hydroxylation is 1. The highest BCUT2D eigenvalue weighted by molar-refractivity contribution is 8.01. The average molecular weight is 431 g/mol. The molecule has 0 unspecified atom stereocenters. The molecule has 7 nitrogen and oxygen atoms in total. The van der Waals surface area contributed by atoms with Gasteiger partial charge >= 0.3 is 0 Å². The molecule has 2 aromatic rings. The fraction of sp³-hybridized carbons (Fsp3) is 0.412. The van der Waals surface area contributed by atoms with Crippen molar-refractivity contribution in [3.05, 3.63) is 45.0 Å². The van der Waals surface area contributed by atoms with Crippen LogP contribution >= 0.6 is 35.5 Å². The summed E-state index contributed by atoms with van der Waals surface area (Å²) in [6.45, 7) is 6.71. The van der Waals surface area contributed by atoms with Gasteiger partial charge in [-0.1, -0.05) is 25.6 Å². The molecule has 1 amide bonds. The van der Waals surface area contributed by atoms with Crippen LogP contribution in [0.1, 0.15) is 29.9 Å². The van der Waals surface area contributed by atoms with Gasteiger partial charge in [-0.15, -0.1) is 23.7 Å². The Morgan fingerprint density at radius 1 is 1.44 bits per heavy atom. The predicted molar refractivity (Wildman–Crippen MR) is 111 cm³/mol. The molecule has 1 aromatic carbocycles. The quantitative estimate of drug-likeness (QED) is 0.526. The van der Waals surface area contributed by atoms with Gasteiger partial charge in [-0.25, -0.2) is 4.98 Å². The molecule has 0 saturated carbocycles. The number of carbonyl (C=O) groups excluding carboxylic acids is 1. The normalized spacial score (nSPS) is 11.0. The van der Waals surface area contributed by atoms with Crippen molar-refractivity contribution in [3.8, 4) is 0 Å². The van der Waals surface area contributed by atoms with E-state index in [1.165, 1.54) is 29.2 Å². The van der Waals surface area contributed by atoms with Crippen LogP contribution in [-0.4, -0.2) is 40.9 Å². The molecule has 0 aliphatic carbocycles. The summed E-state index contributed by atoms with van der Waals surface area (Å²) < 4.78 is 0.728. The third-order valence-electron chi connectivity index (χ3n) is 3.76. The number of carbonyl (C=O) groups is 1. The summed E-state index contributed by atoms with van der Waals surface area (Å²) >= 11 is 2.66. The fourth-order valence-corrected chi connectivity index (χ4v) is 4.23. The summed E-state index contributed by atoms with van der Waals surface area (Å²) in [5, 5.41) is 13.4. The molecule has 0 aliphatic rings. The van der Waals surface area contributed by atoms with E-state index in [0.29, 0.717) is 18.0 Å². The summed E-state index contributed by atoms with van der Waals surface area (Å²) in [5.74, 6) is -0.267. The Bertz CT molecular complexity index is 826. The number of rotatable bonds is 7. The number of thiazole rings is 1. The molecule has 2 rings (SSSR count). The SMILES string of the molecule is Cc1csc(Sc2ccc(C(=O)N(C)CC(C)(C)CN)cc2[N+](=O)[O-])n1.Cl. The van der Waals surface area contributed by atoms with Gasteiger partial charge in [0.1, 0.15) is 0 Å². The summed E-state index contributed by atoms with van der Waals surface area (Å²) in [4.78, 5) is 30.0.